The van der Waals surface area contributed by atoms with E-state index in [1.54, 1.807) is 16.9 Å². The zero-order chi connectivity index (χ0) is 18.9. The second-order valence-electron chi connectivity index (χ2n) is 7.47. The van der Waals surface area contributed by atoms with E-state index in [1.807, 2.05) is 41.3 Å². The summed E-state index contributed by atoms with van der Waals surface area (Å²) in [7, 11) is 0. The number of likely N-dealkylation sites (tertiary alicyclic amines) is 1. The molecule has 8 heteroatoms. The number of halogens is 1. The number of carbonyl (C=O) groups is 1. The number of nitrogens with zero attached hydrogens (tertiary/aromatic N) is 5. The number of benzene rings is 1. The Labute approximate surface area is 176 Å². The number of nitrogens with one attached hydrogen (secondary N) is 1. The summed E-state index contributed by atoms with van der Waals surface area (Å²) in [6.45, 7) is 5.77. The lowest BCUT2D eigenvalue weighted by atomic mass is 10.1. The van der Waals surface area contributed by atoms with Crippen LogP contribution in [0.15, 0.2) is 48.8 Å². The van der Waals surface area contributed by atoms with E-state index in [-0.39, 0.29) is 18.3 Å². The number of fused-ring (bicyclic) bond motifs is 1. The molecule has 2 aromatic heterocycles. The van der Waals surface area contributed by atoms with Gasteiger partial charge in [0.1, 0.15) is 5.56 Å². The number of piperazine rings is 1. The minimum absolute atomic E-state index is 0. The summed E-state index contributed by atoms with van der Waals surface area (Å²) in [6, 6.07) is 12.4. The SMILES string of the molecule is Cl.O=C(c1cnn2c(-c3ccccc3)ccnc12)N1CCC(N2CCNCC2)C1. The van der Waals surface area contributed by atoms with Crippen molar-refractivity contribution in [1.29, 1.82) is 0 Å². The summed E-state index contributed by atoms with van der Waals surface area (Å²) >= 11 is 0. The fourth-order valence-electron chi connectivity index (χ4n) is 4.31. The normalized spacial score (nSPS) is 20.0. The maximum atomic E-state index is 13.2. The van der Waals surface area contributed by atoms with Gasteiger partial charge in [-0.15, -0.1) is 12.4 Å². The van der Waals surface area contributed by atoms with E-state index in [9.17, 15) is 4.79 Å². The molecule has 1 aromatic carbocycles. The van der Waals surface area contributed by atoms with E-state index in [0.717, 1.165) is 56.9 Å². The van der Waals surface area contributed by atoms with Crippen molar-refractivity contribution in [2.75, 3.05) is 39.3 Å². The number of amides is 1. The number of rotatable bonds is 3. The van der Waals surface area contributed by atoms with Gasteiger partial charge in [-0.3, -0.25) is 9.69 Å². The first-order valence-corrected chi connectivity index (χ1v) is 9.93. The summed E-state index contributed by atoms with van der Waals surface area (Å²) in [5.74, 6) is 0.0327. The molecular weight excluding hydrogens is 388 g/mol. The maximum absolute atomic E-state index is 13.2. The number of carbonyl (C=O) groups excluding carboxylic acids is 1. The van der Waals surface area contributed by atoms with E-state index in [2.05, 4.69) is 20.3 Å². The minimum atomic E-state index is 0. The van der Waals surface area contributed by atoms with Gasteiger partial charge in [0.15, 0.2) is 5.65 Å². The Hall–Kier alpha value is -2.48. The van der Waals surface area contributed by atoms with Crippen LogP contribution in [0.2, 0.25) is 0 Å². The van der Waals surface area contributed by atoms with Crippen molar-refractivity contribution >= 4 is 24.0 Å². The van der Waals surface area contributed by atoms with Crippen LogP contribution in [-0.4, -0.2) is 75.6 Å². The zero-order valence-electron chi connectivity index (χ0n) is 16.2. The predicted octanol–water partition coefficient (Wildman–Crippen LogP) is 1.94. The summed E-state index contributed by atoms with van der Waals surface area (Å²) in [4.78, 5) is 22.1. The molecule has 29 heavy (non-hydrogen) atoms. The van der Waals surface area contributed by atoms with E-state index < -0.39 is 0 Å². The third kappa shape index (κ3) is 3.73. The van der Waals surface area contributed by atoms with Crippen molar-refractivity contribution in [2.24, 2.45) is 0 Å². The molecular formula is C21H25ClN6O. The molecule has 1 unspecified atom stereocenters. The fourth-order valence-corrected chi connectivity index (χ4v) is 4.31. The Bertz CT molecular complexity index is 985. The second-order valence-corrected chi connectivity index (χ2v) is 7.47. The quantitative estimate of drug-likeness (QED) is 0.712. The highest BCUT2D eigenvalue weighted by Gasteiger charge is 2.32. The molecule has 152 valence electrons. The predicted molar refractivity (Wildman–Crippen MR) is 114 cm³/mol. The summed E-state index contributed by atoms with van der Waals surface area (Å²) < 4.78 is 1.77. The lowest BCUT2D eigenvalue weighted by Gasteiger charge is -2.32. The molecule has 2 fully saturated rings. The summed E-state index contributed by atoms with van der Waals surface area (Å²) in [6.07, 6.45) is 4.45. The molecule has 0 saturated carbocycles. The Kier molecular flexibility index (Phi) is 5.80. The average molecular weight is 413 g/mol. The van der Waals surface area contributed by atoms with Gasteiger partial charge in [0.2, 0.25) is 0 Å². The van der Waals surface area contributed by atoms with E-state index in [4.69, 9.17) is 0 Å². The minimum Gasteiger partial charge on any atom is -0.337 e. The highest BCUT2D eigenvalue weighted by Crippen LogP contribution is 2.23. The fraction of sp³-hybridized carbons (Fsp3) is 0.381. The molecule has 1 atom stereocenters. The Morgan fingerprint density at radius 2 is 1.86 bits per heavy atom. The molecule has 0 radical (unpaired) electrons. The van der Waals surface area contributed by atoms with Gasteiger partial charge >= 0.3 is 0 Å². The van der Waals surface area contributed by atoms with E-state index >= 15 is 0 Å². The monoisotopic (exact) mass is 412 g/mol. The van der Waals surface area contributed by atoms with Gasteiger partial charge in [0.25, 0.3) is 5.91 Å². The Morgan fingerprint density at radius 1 is 1.07 bits per heavy atom. The van der Waals surface area contributed by atoms with Gasteiger partial charge in [-0.25, -0.2) is 9.50 Å². The van der Waals surface area contributed by atoms with Crippen molar-refractivity contribution < 1.29 is 4.79 Å². The van der Waals surface area contributed by atoms with Crippen LogP contribution in [0.1, 0.15) is 16.8 Å². The average Bonchev–Trinajstić information content (AvgIpc) is 3.42. The van der Waals surface area contributed by atoms with Gasteiger partial charge in [0, 0.05) is 57.1 Å². The van der Waals surface area contributed by atoms with E-state index in [1.165, 1.54) is 0 Å². The second kappa shape index (κ2) is 8.49. The number of aromatic nitrogens is 3. The molecule has 4 heterocycles. The maximum Gasteiger partial charge on any atom is 0.259 e. The molecule has 0 spiro atoms. The van der Waals surface area contributed by atoms with Crippen molar-refractivity contribution in [2.45, 2.75) is 12.5 Å². The number of hydrogen-bond acceptors (Lipinski definition) is 5. The van der Waals surface area contributed by atoms with Crippen molar-refractivity contribution in [1.82, 2.24) is 29.7 Å². The first-order chi connectivity index (χ1) is 13.8. The zero-order valence-corrected chi connectivity index (χ0v) is 17.0. The number of hydrogen-bond donors (Lipinski definition) is 1. The Balaban J connectivity index is 0.00000205. The topological polar surface area (TPSA) is 65.8 Å². The van der Waals surface area contributed by atoms with Gasteiger partial charge < -0.3 is 10.2 Å². The van der Waals surface area contributed by atoms with Gasteiger partial charge in [-0.2, -0.15) is 5.10 Å². The van der Waals surface area contributed by atoms with Crippen LogP contribution in [0.4, 0.5) is 0 Å². The van der Waals surface area contributed by atoms with Crippen LogP contribution >= 0.6 is 12.4 Å². The Morgan fingerprint density at radius 3 is 2.66 bits per heavy atom. The van der Waals surface area contributed by atoms with Crippen molar-refractivity contribution in [3.05, 3.63) is 54.4 Å². The highest BCUT2D eigenvalue weighted by molar-refractivity contribution is 6.00. The van der Waals surface area contributed by atoms with Crippen LogP contribution < -0.4 is 5.32 Å². The van der Waals surface area contributed by atoms with Crippen molar-refractivity contribution in [3.8, 4) is 11.3 Å². The van der Waals surface area contributed by atoms with Crippen LogP contribution in [-0.2, 0) is 0 Å². The molecule has 2 aliphatic rings. The lowest BCUT2D eigenvalue weighted by Crippen LogP contribution is -2.49. The van der Waals surface area contributed by atoms with Crippen LogP contribution in [0.25, 0.3) is 16.9 Å². The summed E-state index contributed by atoms with van der Waals surface area (Å²) in [5, 5.41) is 7.88. The van der Waals surface area contributed by atoms with Crippen LogP contribution in [0, 0.1) is 0 Å². The molecule has 1 N–H and O–H groups in total. The molecule has 2 aliphatic heterocycles. The van der Waals surface area contributed by atoms with Gasteiger partial charge in [-0.1, -0.05) is 30.3 Å². The van der Waals surface area contributed by atoms with Gasteiger partial charge in [-0.05, 0) is 12.5 Å². The third-order valence-electron chi connectivity index (χ3n) is 5.82. The van der Waals surface area contributed by atoms with Crippen LogP contribution in [0.5, 0.6) is 0 Å². The smallest absolute Gasteiger partial charge is 0.259 e. The first kappa shape index (κ1) is 19.8. The highest BCUT2D eigenvalue weighted by atomic mass is 35.5. The van der Waals surface area contributed by atoms with Crippen molar-refractivity contribution in [3.63, 3.8) is 0 Å². The third-order valence-corrected chi connectivity index (χ3v) is 5.82. The van der Waals surface area contributed by atoms with Gasteiger partial charge in [0.05, 0.1) is 11.9 Å². The molecule has 5 rings (SSSR count). The molecule has 2 saturated heterocycles. The summed E-state index contributed by atoms with van der Waals surface area (Å²) in [5.41, 5.74) is 3.19. The lowest BCUT2D eigenvalue weighted by molar-refractivity contribution is 0.0775. The largest absolute Gasteiger partial charge is 0.337 e. The van der Waals surface area contributed by atoms with E-state index in [0.29, 0.717) is 17.3 Å². The molecule has 7 nitrogen and oxygen atoms in total. The standard InChI is InChI=1S/C21H24N6O.ClH/c28-21(26-11-7-17(15-26)25-12-9-22-10-13-25)18-14-24-27-19(6-8-23-20(18)27)16-4-2-1-3-5-16;/h1-6,8,14,17,22H,7,9-13,15H2;1H. The first-order valence-electron chi connectivity index (χ1n) is 9.93. The molecule has 0 aliphatic carbocycles. The molecule has 1 amide bonds. The molecule has 0 bridgehead atoms. The molecule has 3 aromatic rings. The van der Waals surface area contributed by atoms with Crippen LogP contribution in [0.3, 0.4) is 0 Å².